The van der Waals surface area contributed by atoms with E-state index in [-0.39, 0.29) is 6.54 Å². The minimum Gasteiger partial charge on any atom is -0.328 e. The van der Waals surface area contributed by atoms with E-state index in [0.717, 1.165) is 6.42 Å². The second-order valence-electron chi connectivity index (χ2n) is 2.45. The van der Waals surface area contributed by atoms with Crippen LogP contribution in [0.4, 0.5) is 4.39 Å². The van der Waals surface area contributed by atoms with Gasteiger partial charge in [0.15, 0.2) is 0 Å². The molecular formula is C8H12FNS. The third kappa shape index (κ3) is 2.99. The van der Waals surface area contributed by atoms with Gasteiger partial charge in [-0.1, -0.05) is 6.07 Å². The molecule has 0 aromatic carbocycles. The van der Waals surface area contributed by atoms with Gasteiger partial charge in [-0.3, -0.25) is 0 Å². The first-order valence-electron chi connectivity index (χ1n) is 3.69. The molecule has 1 heterocycles. The van der Waals surface area contributed by atoms with E-state index in [0.29, 0.717) is 6.42 Å². The lowest BCUT2D eigenvalue weighted by Crippen LogP contribution is -2.15. The highest BCUT2D eigenvalue weighted by atomic mass is 32.1. The summed E-state index contributed by atoms with van der Waals surface area (Å²) in [6.07, 6.45) is 0.532. The van der Waals surface area contributed by atoms with Gasteiger partial charge in [0.25, 0.3) is 0 Å². The molecule has 0 saturated heterocycles. The number of hydrogen-bond acceptors (Lipinski definition) is 2. The SMILES string of the molecule is NCC(F)CCc1cccs1. The van der Waals surface area contributed by atoms with Gasteiger partial charge in [0.1, 0.15) is 6.17 Å². The highest BCUT2D eigenvalue weighted by Gasteiger charge is 2.03. The van der Waals surface area contributed by atoms with Crippen LogP contribution in [0.5, 0.6) is 0 Å². The standard InChI is InChI=1S/C8H12FNS/c9-7(6-10)3-4-8-2-1-5-11-8/h1-2,5,7H,3-4,6,10H2. The van der Waals surface area contributed by atoms with Crippen LogP contribution in [0.25, 0.3) is 0 Å². The van der Waals surface area contributed by atoms with Crippen LogP contribution in [0.15, 0.2) is 17.5 Å². The van der Waals surface area contributed by atoms with Crippen LogP contribution in [0.3, 0.4) is 0 Å². The zero-order chi connectivity index (χ0) is 8.10. The Kier molecular flexibility index (Phi) is 3.52. The van der Waals surface area contributed by atoms with E-state index >= 15 is 0 Å². The molecule has 0 aliphatic heterocycles. The van der Waals surface area contributed by atoms with E-state index in [9.17, 15) is 4.39 Å². The molecule has 1 unspecified atom stereocenters. The Hall–Kier alpha value is -0.410. The normalized spacial score (nSPS) is 13.3. The highest BCUT2D eigenvalue weighted by Crippen LogP contribution is 2.12. The molecule has 0 fully saturated rings. The molecule has 0 bridgehead atoms. The van der Waals surface area contributed by atoms with Gasteiger partial charge in [0.05, 0.1) is 0 Å². The summed E-state index contributed by atoms with van der Waals surface area (Å²) >= 11 is 1.67. The summed E-state index contributed by atoms with van der Waals surface area (Å²) in [4.78, 5) is 1.24. The number of hydrogen-bond donors (Lipinski definition) is 1. The van der Waals surface area contributed by atoms with Gasteiger partial charge >= 0.3 is 0 Å². The van der Waals surface area contributed by atoms with Crippen molar-refractivity contribution in [2.75, 3.05) is 6.54 Å². The van der Waals surface area contributed by atoms with Crippen molar-refractivity contribution < 1.29 is 4.39 Å². The Morgan fingerprint density at radius 1 is 1.64 bits per heavy atom. The molecule has 0 saturated carbocycles. The third-order valence-corrected chi connectivity index (χ3v) is 2.48. The van der Waals surface area contributed by atoms with E-state index in [1.165, 1.54) is 4.88 Å². The lowest BCUT2D eigenvalue weighted by atomic mass is 10.2. The fraction of sp³-hybridized carbons (Fsp3) is 0.500. The summed E-state index contributed by atoms with van der Waals surface area (Å²) in [7, 11) is 0. The van der Waals surface area contributed by atoms with Crippen molar-refractivity contribution in [2.45, 2.75) is 19.0 Å². The number of alkyl halides is 1. The first kappa shape index (κ1) is 8.68. The van der Waals surface area contributed by atoms with Crippen LogP contribution in [0.1, 0.15) is 11.3 Å². The Morgan fingerprint density at radius 2 is 2.45 bits per heavy atom. The van der Waals surface area contributed by atoms with E-state index in [1.807, 2.05) is 17.5 Å². The molecule has 1 atom stereocenters. The quantitative estimate of drug-likeness (QED) is 0.740. The van der Waals surface area contributed by atoms with Gasteiger partial charge in [-0.15, -0.1) is 11.3 Å². The molecule has 62 valence electrons. The molecule has 0 spiro atoms. The van der Waals surface area contributed by atoms with Crippen LogP contribution in [0, 0.1) is 0 Å². The molecule has 1 aromatic rings. The minimum absolute atomic E-state index is 0.144. The lowest BCUT2D eigenvalue weighted by molar-refractivity contribution is 0.323. The maximum Gasteiger partial charge on any atom is 0.113 e. The zero-order valence-corrected chi connectivity index (χ0v) is 7.11. The number of aryl methyl sites for hydroxylation is 1. The van der Waals surface area contributed by atoms with Crippen LogP contribution in [0.2, 0.25) is 0 Å². The molecule has 3 heteroatoms. The summed E-state index contributed by atoms with van der Waals surface area (Å²) in [5.41, 5.74) is 5.14. The van der Waals surface area contributed by atoms with E-state index in [1.54, 1.807) is 11.3 Å². The number of rotatable bonds is 4. The molecule has 0 aliphatic rings. The average Bonchev–Trinajstić information content (AvgIpc) is 2.52. The largest absolute Gasteiger partial charge is 0.328 e. The summed E-state index contributed by atoms with van der Waals surface area (Å²) in [5.74, 6) is 0. The van der Waals surface area contributed by atoms with Crippen LogP contribution in [-0.2, 0) is 6.42 Å². The fourth-order valence-electron chi connectivity index (χ4n) is 0.872. The van der Waals surface area contributed by atoms with Crippen molar-refractivity contribution in [3.05, 3.63) is 22.4 Å². The third-order valence-electron chi connectivity index (χ3n) is 1.54. The minimum atomic E-state index is -0.836. The fourth-order valence-corrected chi connectivity index (χ4v) is 1.60. The van der Waals surface area contributed by atoms with Gasteiger partial charge in [0.2, 0.25) is 0 Å². The molecule has 0 radical (unpaired) electrons. The van der Waals surface area contributed by atoms with Gasteiger partial charge in [0, 0.05) is 11.4 Å². The summed E-state index contributed by atoms with van der Waals surface area (Å²) in [6.45, 7) is 0.144. The Balaban J connectivity index is 2.23. The predicted molar refractivity (Wildman–Crippen MR) is 46.6 cm³/mol. The maximum absolute atomic E-state index is 12.6. The van der Waals surface area contributed by atoms with Gasteiger partial charge in [-0.05, 0) is 24.3 Å². The van der Waals surface area contributed by atoms with Crippen molar-refractivity contribution in [3.8, 4) is 0 Å². The van der Waals surface area contributed by atoms with Crippen molar-refractivity contribution in [2.24, 2.45) is 5.73 Å². The van der Waals surface area contributed by atoms with Crippen LogP contribution >= 0.6 is 11.3 Å². The summed E-state index contributed by atoms with van der Waals surface area (Å²) in [6, 6.07) is 4.00. The Morgan fingerprint density at radius 3 is 3.00 bits per heavy atom. The number of thiophene rings is 1. The predicted octanol–water partition coefficient (Wildman–Crippen LogP) is 1.98. The van der Waals surface area contributed by atoms with Crippen LogP contribution < -0.4 is 5.73 Å². The number of halogens is 1. The average molecular weight is 173 g/mol. The van der Waals surface area contributed by atoms with Crippen molar-refractivity contribution in [1.29, 1.82) is 0 Å². The molecule has 11 heavy (non-hydrogen) atoms. The maximum atomic E-state index is 12.6. The summed E-state index contributed by atoms with van der Waals surface area (Å²) in [5, 5.41) is 2.00. The first-order chi connectivity index (χ1) is 5.33. The summed E-state index contributed by atoms with van der Waals surface area (Å²) < 4.78 is 12.6. The second kappa shape index (κ2) is 4.46. The van der Waals surface area contributed by atoms with Gasteiger partial charge in [-0.2, -0.15) is 0 Å². The molecule has 2 N–H and O–H groups in total. The number of nitrogens with two attached hydrogens (primary N) is 1. The zero-order valence-electron chi connectivity index (χ0n) is 6.29. The van der Waals surface area contributed by atoms with Crippen LogP contribution in [-0.4, -0.2) is 12.7 Å². The van der Waals surface area contributed by atoms with Crippen molar-refractivity contribution in [1.82, 2.24) is 0 Å². The van der Waals surface area contributed by atoms with Gasteiger partial charge < -0.3 is 5.73 Å². The smallest absolute Gasteiger partial charge is 0.113 e. The molecule has 0 aliphatic carbocycles. The topological polar surface area (TPSA) is 26.0 Å². The second-order valence-corrected chi connectivity index (χ2v) is 3.48. The Bertz CT molecular complexity index is 186. The lowest BCUT2D eigenvalue weighted by Gasteiger charge is -2.01. The molecule has 0 amide bonds. The molecule has 1 nitrogen and oxygen atoms in total. The monoisotopic (exact) mass is 173 g/mol. The van der Waals surface area contributed by atoms with Crippen molar-refractivity contribution in [3.63, 3.8) is 0 Å². The van der Waals surface area contributed by atoms with E-state index < -0.39 is 6.17 Å². The molecular weight excluding hydrogens is 161 g/mol. The van der Waals surface area contributed by atoms with E-state index in [2.05, 4.69) is 0 Å². The first-order valence-corrected chi connectivity index (χ1v) is 4.57. The van der Waals surface area contributed by atoms with Gasteiger partial charge in [-0.25, -0.2) is 4.39 Å². The highest BCUT2D eigenvalue weighted by molar-refractivity contribution is 7.09. The molecule has 1 aromatic heterocycles. The Labute approximate surface area is 70.0 Å². The van der Waals surface area contributed by atoms with E-state index in [4.69, 9.17) is 5.73 Å². The van der Waals surface area contributed by atoms with Crippen molar-refractivity contribution >= 4 is 11.3 Å². The molecule has 1 rings (SSSR count).